The molecule has 4 heterocycles. The number of fused-ring (bicyclic) bond motifs is 1. The van der Waals surface area contributed by atoms with Crippen LogP contribution in [0.15, 0.2) is 42.7 Å². The van der Waals surface area contributed by atoms with Crippen LogP contribution in [-0.4, -0.2) is 76.8 Å². The molecule has 0 unspecified atom stereocenters. The van der Waals surface area contributed by atoms with E-state index in [9.17, 15) is 14.0 Å². The molecule has 1 aromatic carbocycles. The first-order chi connectivity index (χ1) is 19.9. The van der Waals surface area contributed by atoms with Crippen LogP contribution in [0.25, 0.3) is 20.9 Å². The van der Waals surface area contributed by atoms with Crippen molar-refractivity contribution >= 4 is 39.2 Å². The summed E-state index contributed by atoms with van der Waals surface area (Å²) in [5.74, 6) is 0.273. The van der Waals surface area contributed by atoms with Gasteiger partial charge in [-0.25, -0.2) is 14.2 Å². The number of hydrogen-bond acceptors (Lipinski definition) is 8. The fourth-order valence-corrected chi connectivity index (χ4v) is 5.66. The molecule has 0 atom stereocenters. The normalized spacial score (nSPS) is 15.6. The quantitative estimate of drug-likeness (QED) is 0.274. The van der Waals surface area contributed by atoms with Gasteiger partial charge in [-0.1, -0.05) is 0 Å². The maximum atomic E-state index is 14.9. The second-order valence-corrected chi connectivity index (χ2v) is 11.0. The summed E-state index contributed by atoms with van der Waals surface area (Å²) in [7, 11) is 1.80. The average Bonchev–Trinajstić information content (AvgIpc) is 3.52. The van der Waals surface area contributed by atoms with Gasteiger partial charge in [-0.05, 0) is 31.0 Å². The van der Waals surface area contributed by atoms with E-state index < -0.39 is 5.82 Å². The van der Waals surface area contributed by atoms with Crippen LogP contribution in [0.3, 0.4) is 0 Å². The van der Waals surface area contributed by atoms with Crippen LogP contribution in [-0.2, 0) is 11.8 Å². The van der Waals surface area contributed by atoms with E-state index in [1.54, 1.807) is 36.1 Å². The Kier molecular flexibility index (Phi) is 7.81. The number of nitrogens with one attached hydrogen (secondary N) is 3. The molecule has 6 rings (SSSR count). The molecular formula is C28H30FN7O4S. The van der Waals surface area contributed by atoms with E-state index in [1.807, 2.05) is 6.07 Å². The second-order valence-electron chi connectivity index (χ2n) is 9.99. The third-order valence-electron chi connectivity index (χ3n) is 6.96. The first kappa shape index (κ1) is 27.1. The summed E-state index contributed by atoms with van der Waals surface area (Å²) < 4.78 is 28.7. The number of nitrogens with zero attached hydrogens (tertiary/aromatic N) is 4. The third-order valence-corrected chi connectivity index (χ3v) is 8.09. The van der Waals surface area contributed by atoms with Gasteiger partial charge in [0.2, 0.25) is 0 Å². The van der Waals surface area contributed by atoms with Crippen LogP contribution in [0.5, 0.6) is 11.5 Å². The standard InChI is InChI=1S/C28H30FN7O4S/c1-35-21(27(37)31-8-9-36-10-12-39-13-11-36)16-32-26(35)24-15-20-25(41-24)23(6-7-30-20)40-22-5-4-18(14-19(22)29)34-28(38)33-17-2-3-17/h4-7,14-17H,2-3,8-13H2,1H3,(H,31,37)(H2,33,34,38). The van der Waals surface area contributed by atoms with Gasteiger partial charge in [-0.3, -0.25) is 14.7 Å². The zero-order valence-electron chi connectivity index (χ0n) is 22.5. The molecule has 4 aromatic rings. The molecule has 3 amide bonds. The molecule has 214 valence electrons. The van der Waals surface area contributed by atoms with Gasteiger partial charge in [0.25, 0.3) is 5.91 Å². The van der Waals surface area contributed by atoms with Crippen LogP contribution in [0.2, 0.25) is 0 Å². The molecule has 41 heavy (non-hydrogen) atoms. The van der Waals surface area contributed by atoms with E-state index in [1.165, 1.54) is 23.5 Å². The molecule has 0 bridgehead atoms. The first-order valence-electron chi connectivity index (χ1n) is 13.5. The number of rotatable bonds is 9. The van der Waals surface area contributed by atoms with Crippen LogP contribution in [0.4, 0.5) is 14.9 Å². The molecule has 3 N–H and O–H groups in total. The Hall–Kier alpha value is -4.07. The van der Waals surface area contributed by atoms with Crippen LogP contribution >= 0.6 is 11.3 Å². The third kappa shape index (κ3) is 6.32. The van der Waals surface area contributed by atoms with Crippen molar-refractivity contribution < 1.29 is 23.5 Å². The average molecular weight is 580 g/mol. The van der Waals surface area contributed by atoms with E-state index in [4.69, 9.17) is 9.47 Å². The van der Waals surface area contributed by atoms with Crippen molar-refractivity contribution in [2.75, 3.05) is 44.7 Å². The summed E-state index contributed by atoms with van der Waals surface area (Å²) in [5, 5.41) is 8.41. The van der Waals surface area contributed by atoms with Crippen LogP contribution < -0.4 is 20.7 Å². The summed E-state index contributed by atoms with van der Waals surface area (Å²) in [6, 6.07) is 7.68. The van der Waals surface area contributed by atoms with Gasteiger partial charge < -0.3 is 30.0 Å². The number of carbonyl (C=O) groups excluding carboxylic acids is 2. The molecule has 2 fully saturated rings. The number of thiophene rings is 1. The molecule has 3 aromatic heterocycles. The maximum absolute atomic E-state index is 14.9. The Morgan fingerprint density at radius 3 is 2.76 bits per heavy atom. The van der Waals surface area contributed by atoms with Crippen molar-refractivity contribution in [3.05, 3.63) is 54.2 Å². The molecule has 0 spiro atoms. The Bertz CT molecular complexity index is 1580. The molecule has 1 saturated carbocycles. The topological polar surface area (TPSA) is 123 Å². The van der Waals surface area contributed by atoms with E-state index in [0.717, 1.165) is 50.6 Å². The number of anilines is 1. The summed E-state index contributed by atoms with van der Waals surface area (Å²) >= 11 is 1.39. The fourth-order valence-electron chi connectivity index (χ4n) is 4.56. The van der Waals surface area contributed by atoms with E-state index in [0.29, 0.717) is 39.7 Å². The molecule has 13 heteroatoms. The summed E-state index contributed by atoms with van der Waals surface area (Å²) in [4.78, 5) is 36.8. The highest BCUT2D eigenvalue weighted by atomic mass is 32.1. The molecule has 0 radical (unpaired) electrons. The zero-order chi connectivity index (χ0) is 28.3. The van der Waals surface area contributed by atoms with Crippen molar-refractivity contribution in [1.82, 2.24) is 30.1 Å². The fraction of sp³-hybridized carbons (Fsp3) is 0.357. The smallest absolute Gasteiger partial charge is 0.319 e. The van der Waals surface area contributed by atoms with Crippen molar-refractivity contribution in [3.63, 3.8) is 0 Å². The molecule has 1 aliphatic carbocycles. The number of aromatic nitrogens is 3. The Morgan fingerprint density at radius 2 is 1.98 bits per heavy atom. The SMILES string of the molecule is Cn1c(C(=O)NCCN2CCOCC2)cnc1-c1cc2nccc(Oc3ccc(NC(=O)NC4CC4)cc3F)c2s1. The zero-order valence-corrected chi connectivity index (χ0v) is 23.3. The highest BCUT2D eigenvalue weighted by molar-refractivity contribution is 7.22. The van der Waals surface area contributed by atoms with Gasteiger partial charge in [0.05, 0.1) is 34.5 Å². The number of imidazole rings is 1. The van der Waals surface area contributed by atoms with Gasteiger partial charge in [-0.2, -0.15) is 0 Å². The van der Waals surface area contributed by atoms with Crippen molar-refractivity contribution in [3.8, 4) is 22.2 Å². The molecule has 11 nitrogen and oxygen atoms in total. The predicted molar refractivity (Wildman–Crippen MR) is 153 cm³/mol. The van der Waals surface area contributed by atoms with Crippen molar-refractivity contribution in [2.45, 2.75) is 18.9 Å². The van der Waals surface area contributed by atoms with Crippen LogP contribution in [0.1, 0.15) is 23.3 Å². The lowest BCUT2D eigenvalue weighted by molar-refractivity contribution is 0.0383. The van der Waals surface area contributed by atoms with E-state index in [-0.39, 0.29) is 23.7 Å². The molecule has 2 aliphatic rings. The number of morpholine rings is 1. The van der Waals surface area contributed by atoms with Gasteiger partial charge in [0.15, 0.2) is 11.6 Å². The summed E-state index contributed by atoms with van der Waals surface area (Å²) in [6.07, 6.45) is 5.08. The molecule has 1 saturated heterocycles. The minimum absolute atomic E-state index is 0.0219. The minimum atomic E-state index is -0.607. The van der Waals surface area contributed by atoms with Crippen molar-refractivity contribution in [1.29, 1.82) is 0 Å². The monoisotopic (exact) mass is 579 g/mol. The van der Waals surface area contributed by atoms with Gasteiger partial charge >= 0.3 is 6.03 Å². The Balaban J connectivity index is 1.14. The lowest BCUT2D eigenvalue weighted by Gasteiger charge is -2.26. The van der Waals surface area contributed by atoms with Gasteiger partial charge in [0, 0.05) is 63.3 Å². The highest BCUT2D eigenvalue weighted by Crippen LogP contribution is 2.39. The van der Waals surface area contributed by atoms with Crippen molar-refractivity contribution in [2.24, 2.45) is 7.05 Å². The number of ether oxygens (including phenoxy) is 2. The maximum Gasteiger partial charge on any atom is 0.319 e. The Morgan fingerprint density at radius 1 is 1.15 bits per heavy atom. The lowest BCUT2D eigenvalue weighted by atomic mass is 10.3. The van der Waals surface area contributed by atoms with Gasteiger partial charge in [0.1, 0.15) is 17.3 Å². The van der Waals surface area contributed by atoms with E-state index >= 15 is 0 Å². The summed E-state index contributed by atoms with van der Waals surface area (Å²) in [6.45, 7) is 4.47. The first-order valence-corrected chi connectivity index (χ1v) is 14.3. The van der Waals surface area contributed by atoms with E-state index in [2.05, 4.69) is 30.8 Å². The lowest BCUT2D eigenvalue weighted by Crippen LogP contribution is -2.41. The predicted octanol–water partition coefficient (Wildman–Crippen LogP) is 3.97. The minimum Gasteiger partial charge on any atom is -0.453 e. The highest BCUT2D eigenvalue weighted by Gasteiger charge is 2.23. The van der Waals surface area contributed by atoms with Gasteiger partial charge in [-0.15, -0.1) is 11.3 Å². The number of amides is 3. The number of benzene rings is 1. The van der Waals surface area contributed by atoms with Crippen LogP contribution in [0, 0.1) is 5.82 Å². The number of carbonyl (C=O) groups is 2. The number of halogens is 1. The molecular weight excluding hydrogens is 549 g/mol. The second kappa shape index (κ2) is 11.8. The summed E-state index contributed by atoms with van der Waals surface area (Å²) in [5.41, 5.74) is 1.45. The Labute approximate surface area is 239 Å². The number of hydrogen-bond donors (Lipinski definition) is 3. The number of urea groups is 1. The molecule has 1 aliphatic heterocycles. The number of pyridine rings is 1. The largest absolute Gasteiger partial charge is 0.453 e.